The average Bonchev–Trinajstić information content (AvgIpc) is 3.10. The summed E-state index contributed by atoms with van der Waals surface area (Å²) in [5.74, 6) is 0.588. The first-order valence-corrected chi connectivity index (χ1v) is 9.38. The molecule has 4 rings (SSSR count). The summed E-state index contributed by atoms with van der Waals surface area (Å²) >= 11 is 0. The highest BCUT2D eigenvalue weighted by atomic mass is 16.5. The number of anilines is 1. The van der Waals surface area contributed by atoms with Crippen LogP contribution in [0.4, 0.5) is 5.82 Å². The van der Waals surface area contributed by atoms with E-state index in [9.17, 15) is 9.90 Å². The molecule has 3 heterocycles. The molecular weight excluding hydrogens is 356 g/mol. The number of pyridine rings is 1. The first-order valence-electron chi connectivity index (χ1n) is 9.38. The van der Waals surface area contributed by atoms with E-state index in [0.29, 0.717) is 17.7 Å². The van der Waals surface area contributed by atoms with Crippen LogP contribution in [0.25, 0.3) is 0 Å². The Kier molecular flexibility index (Phi) is 4.99. The normalized spacial score (nSPS) is 17.8. The third-order valence-corrected chi connectivity index (χ3v) is 5.57. The number of aliphatic hydroxyl groups excluding tert-OH is 1. The van der Waals surface area contributed by atoms with Crippen LogP contribution in [0.1, 0.15) is 38.7 Å². The van der Waals surface area contributed by atoms with Crippen molar-refractivity contribution in [2.24, 2.45) is 0 Å². The molecule has 2 aliphatic rings. The van der Waals surface area contributed by atoms with Gasteiger partial charge in [0, 0.05) is 44.5 Å². The summed E-state index contributed by atoms with van der Waals surface area (Å²) in [7, 11) is 0. The van der Waals surface area contributed by atoms with Crippen LogP contribution in [0.2, 0.25) is 0 Å². The molecule has 144 valence electrons. The highest BCUT2D eigenvalue weighted by molar-refractivity contribution is 5.93. The number of carbonyl (C=O) groups excluding carboxylic acids is 1. The van der Waals surface area contributed by atoms with E-state index in [1.165, 1.54) is 0 Å². The minimum Gasteiger partial charge on any atom is -0.457 e. The number of hydrogen-bond acceptors (Lipinski definition) is 7. The van der Waals surface area contributed by atoms with Crippen LogP contribution in [0, 0.1) is 18.3 Å². The quantitative estimate of drug-likeness (QED) is 0.811. The summed E-state index contributed by atoms with van der Waals surface area (Å²) in [6, 6.07) is 9.33. The molecule has 28 heavy (non-hydrogen) atoms. The van der Waals surface area contributed by atoms with Crippen LogP contribution in [-0.4, -0.2) is 53.7 Å². The number of carbonyl (C=O) groups is 1. The van der Waals surface area contributed by atoms with E-state index in [1.54, 1.807) is 18.3 Å². The van der Waals surface area contributed by atoms with E-state index in [2.05, 4.69) is 20.9 Å². The van der Waals surface area contributed by atoms with Gasteiger partial charge < -0.3 is 14.7 Å². The molecule has 0 bridgehead atoms. The summed E-state index contributed by atoms with van der Waals surface area (Å²) in [6.07, 6.45) is 0.983. The van der Waals surface area contributed by atoms with Crippen molar-refractivity contribution in [3.05, 3.63) is 58.3 Å². The highest BCUT2D eigenvalue weighted by Gasteiger charge is 2.27. The van der Waals surface area contributed by atoms with E-state index in [0.717, 1.165) is 48.7 Å². The number of esters is 1. The van der Waals surface area contributed by atoms with E-state index in [-0.39, 0.29) is 12.6 Å². The molecule has 7 nitrogen and oxygen atoms in total. The fourth-order valence-corrected chi connectivity index (χ4v) is 3.87. The third-order valence-electron chi connectivity index (χ3n) is 5.57. The molecule has 0 saturated carbocycles. The Balaban J connectivity index is 1.37. The minimum atomic E-state index is -0.611. The van der Waals surface area contributed by atoms with Crippen LogP contribution in [0.15, 0.2) is 30.5 Å². The fourth-order valence-electron chi connectivity index (χ4n) is 3.87. The Morgan fingerprint density at radius 1 is 1.25 bits per heavy atom. The second-order valence-electron chi connectivity index (χ2n) is 7.20. The van der Waals surface area contributed by atoms with Crippen LogP contribution >= 0.6 is 0 Å². The van der Waals surface area contributed by atoms with Crippen molar-refractivity contribution < 1.29 is 14.6 Å². The van der Waals surface area contributed by atoms with Gasteiger partial charge in [0.05, 0.1) is 17.2 Å². The number of hydrogen-bond donors (Lipinski definition) is 1. The van der Waals surface area contributed by atoms with Crippen LogP contribution in [-0.2, 0) is 11.3 Å². The molecule has 2 aromatic rings. The number of aliphatic hydroxyl groups is 1. The lowest BCUT2D eigenvalue weighted by atomic mass is 9.95. The molecule has 1 atom stereocenters. The molecular formula is C21H22N4O3. The number of nitriles is 1. The molecule has 1 unspecified atom stereocenters. The smallest absolute Gasteiger partial charge is 0.338 e. The maximum atomic E-state index is 11.7. The van der Waals surface area contributed by atoms with Gasteiger partial charge in [-0.05, 0) is 36.2 Å². The van der Waals surface area contributed by atoms with Crippen LogP contribution < -0.4 is 4.90 Å². The van der Waals surface area contributed by atoms with Crippen molar-refractivity contribution in [1.82, 2.24) is 9.88 Å². The summed E-state index contributed by atoms with van der Waals surface area (Å²) in [6.45, 7) is 6.05. The first kappa shape index (κ1) is 18.4. The molecule has 0 aliphatic carbocycles. The Morgan fingerprint density at radius 3 is 2.71 bits per heavy atom. The Hall–Kier alpha value is -2.95. The van der Waals surface area contributed by atoms with Gasteiger partial charge in [-0.2, -0.15) is 5.26 Å². The molecule has 7 heteroatoms. The van der Waals surface area contributed by atoms with Crippen molar-refractivity contribution in [3.63, 3.8) is 0 Å². The zero-order chi connectivity index (χ0) is 19.7. The predicted molar refractivity (Wildman–Crippen MR) is 103 cm³/mol. The lowest BCUT2D eigenvalue weighted by Crippen LogP contribution is -2.47. The van der Waals surface area contributed by atoms with Gasteiger partial charge in [0.2, 0.25) is 0 Å². The van der Waals surface area contributed by atoms with Crippen molar-refractivity contribution in [2.75, 3.05) is 37.6 Å². The topological polar surface area (TPSA) is 89.7 Å². The first-order chi connectivity index (χ1) is 13.6. The van der Waals surface area contributed by atoms with Crippen LogP contribution in [0.3, 0.4) is 0 Å². The summed E-state index contributed by atoms with van der Waals surface area (Å²) in [5.41, 5.74) is 3.85. The number of piperazine rings is 1. The number of ether oxygens (including phenoxy) is 1. The summed E-state index contributed by atoms with van der Waals surface area (Å²) < 4.78 is 5.10. The largest absolute Gasteiger partial charge is 0.457 e. The molecule has 1 N–H and O–H groups in total. The van der Waals surface area contributed by atoms with Crippen LogP contribution in [0.5, 0.6) is 0 Å². The van der Waals surface area contributed by atoms with Gasteiger partial charge in [0.1, 0.15) is 18.5 Å². The maximum absolute atomic E-state index is 11.7. The average molecular weight is 378 g/mol. The van der Waals surface area contributed by atoms with Gasteiger partial charge in [0.15, 0.2) is 0 Å². The van der Waals surface area contributed by atoms with Crippen molar-refractivity contribution >= 4 is 11.8 Å². The van der Waals surface area contributed by atoms with Gasteiger partial charge in [-0.1, -0.05) is 6.07 Å². The van der Waals surface area contributed by atoms with E-state index < -0.39 is 6.10 Å². The second kappa shape index (κ2) is 7.58. The Bertz CT molecular complexity index is 928. The standard InChI is InChI=1S/C21H22N4O3/c1-14-16(3-4-17-18(14)13-28-21(17)27)19(26)12-24-6-8-25(9-7-24)20-5-2-15(10-22)11-23-20/h2-5,11,19,26H,6-9,12-13H2,1H3. The van der Waals surface area contributed by atoms with Crippen molar-refractivity contribution in [2.45, 2.75) is 19.6 Å². The number of fused-ring (bicyclic) bond motifs is 1. The molecule has 0 spiro atoms. The van der Waals surface area contributed by atoms with Gasteiger partial charge >= 0.3 is 5.97 Å². The Labute approximate surface area is 163 Å². The molecule has 1 aromatic carbocycles. The van der Waals surface area contributed by atoms with E-state index in [4.69, 9.17) is 10.00 Å². The molecule has 0 amide bonds. The lowest BCUT2D eigenvalue weighted by molar-refractivity contribution is 0.0535. The number of β-amino-alcohol motifs (C(OH)–C–C–N with tert-alkyl or cyclic N) is 1. The predicted octanol–water partition coefficient (Wildman–Crippen LogP) is 1.79. The Morgan fingerprint density at radius 2 is 2.04 bits per heavy atom. The lowest BCUT2D eigenvalue weighted by Gasteiger charge is -2.36. The van der Waals surface area contributed by atoms with E-state index >= 15 is 0 Å². The number of nitrogens with zero attached hydrogens (tertiary/aromatic N) is 4. The molecule has 1 aromatic heterocycles. The molecule has 2 aliphatic heterocycles. The van der Waals surface area contributed by atoms with Gasteiger partial charge in [-0.25, -0.2) is 9.78 Å². The van der Waals surface area contributed by atoms with Gasteiger partial charge in [0.25, 0.3) is 0 Å². The minimum absolute atomic E-state index is 0.285. The number of aromatic nitrogens is 1. The molecule has 1 saturated heterocycles. The number of benzene rings is 1. The zero-order valence-electron chi connectivity index (χ0n) is 15.8. The number of cyclic esters (lactones) is 1. The maximum Gasteiger partial charge on any atom is 0.338 e. The summed E-state index contributed by atoms with van der Waals surface area (Å²) in [5, 5.41) is 19.6. The highest BCUT2D eigenvalue weighted by Crippen LogP contribution is 2.29. The van der Waals surface area contributed by atoms with Crippen molar-refractivity contribution in [1.29, 1.82) is 5.26 Å². The molecule has 0 radical (unpaired) electrons. The zero-order valence-corrected chi connectivity index (χ0v) is 15.8. The van der Waals surface area contributed by atoms with Gasteiger partial charge in [-0.3, -0.25) is 4.90 Å². The molecule has 1 fully saturated rings. The van der Waals surface area contributed by atoms with Crippen molar-refractivity contribution in [3.8, 4) is 6.07 Å². The SMILES string of the molecule is Cc1c(C(O)CN2CCN(c3ccc(C#N)cn3)CC2)ccc2c1COC2=O. The second-order valence-corrected chi connectivity index (χ2v) is 7.20. The monoisotopic (exact) mass is 378 g/mol. The number of rotatable bonds is 4. The van der Waals surface area contributed by atoms with Gasteiger partial charge in [-0.15, -0.1) is 0 Å². The summed E-state index contributed by atoms with van der Waals surface area (Å²) in [4.78, 5) is 20.5. The third kappa shape index (κ3) is 3.44. The van der Waals surface area contributed by atoms with E-state index in [1.807, 2.05) is 19.1 Å². The fraction of sp³-hybridized carbons (Fsp3) is 0.381.